The second-order valence-corrected chi connectivity index (χ2v) is 8.57. The van der Waals surface area contributed by atoms with Crippen LogP contribution in [0.4, 0.5) is 5.69 Å². The zero-order chi connectivity index (χ0) is 20.4. The van der Waals surface area contributed by atoms with Crippen molar-refractivity contribution in [2.75, 3.05) is 18.4 Å². The van der Waals surface area contributed by atoms with E-state index in [9.17, 15) is 4.79 Å². The first-order valence-corrected chi connectivity index (χ1v) is 10.7. The van der Waals surface area contributed by atoms with Gasteiger partial charge in [0.25, 0.3) is 0 Å². The molecular formula is C25H31N3O. The summed E-state index contributed by atoms with van der Waals surface area (Å²) in [4.78, 5) is 14.6. The molecule has 0 unspecified atom stereocenters. The number of aryl methyl sites for hydroxylation is 1. The molecule has 29 heavy (non-hydrogen) atoms. The average Bonchev–Trinajstić information content (AvgIpc) is 3.04. The van der Waals surface area contributed by atoms with Crippen LogP contribution >= 0.6 is 0 Å². The van der Waals surface area contributed by atoms with E-state index in [1.165, 1.54) is 22.2 Å². The fraction of sp³-hybridized carbons (Fsp3) is 0.400. The van der Waals surface area contributed by atoms with Crippen LogP contribution in [0.5, 0.6) is 0 Å². The van der Waals surface area contributed by atoms with Crippen molar-refractivity contribution in [3.8, 4) is 0 Å². The molecule has 1 fully saturated rings. The fourth-order valence-electron chi connectivity index (χ4n) is 4.31. The summed E-state index contributed by atoms with van der Waals surface area (Å²) >= 11 is 0. The molecule has 1 aliphatic rings. The number of benzene rings is 2. The van der Waals surface area contributed by atoms with Crippen LogP contribution in [0.2, 0.25) is 0 Å². The van der Waals surface area contributed by atoms with Crippen molar-refractivity contribution in [3.05, 3.63) is 65.9 Å². The lowest BCUT2D eigenvalue weighted by atomic mass is 9.89. The lowest BCUT2D eigenvalue weighted by Gasteiger charge is -2.32. The van der Waals surface area contributed by atoms with Crippen LogP contribution < -0.4 is 5.32 Å². The number of carbonyl (C=O) groups is 1. The van der Waals surface area contributed by atoms with Gasteiger partial charge in [-0.3, -0.25) is 9.69 Å². The molecular weight excluding hydrogens is 358 g/mol. The first-order valence-electron chi connectivity index (χ1n) is 10.7. The maximum absolute atomic E-state index is 12.0. The number of carbonyl (C=O) groups excluding carboxylic acids is 1. The van der Waals surface area contributed by atoms with Gasteiger partial charge in [0.1, 0.15) is 0 Å². The molecule has 0 aliphatic carbocycles. The summed E-state index contributed by atoms with van der Waals surface area (Å²) in [6.07, 6.45) is 2.32. The molecule has 0 atom stereocenters. The van der Waals surface area contributed by atoms with Gasteiger partial charge in [-0.05, 0) is 67.1 Å². The first-order chi connectivity index (χ1) is 14.0. The maximum atomic E-state index is 12.0. The number of aromatic nitrogens is 1. The number of anilines is 1. The zero-order valence-electron chi connectivity index (χ0n) is 17.7. The summed E-state index contributed by atoms with van der Waals surface area (Å²) in [6.45, 7) is 7.06. The Bertz CT molecular complexity index is 996. The molecule has 1 saturated heterocycles. The first kappa shape index (κ1) is 19.7. The Morgan fingerprint density at radius 3 is 2.55 bits per heavy atom. The number of rotatable bonds is 5. The summed E-state index contributed by atoms with van der Waals surface area (Å²) in [6, 6.07) is 19.3. The van der Waals surface area contributed by atoms with Gasteiger partial charge in [-0.1, -0.05) is 44.2 Å². The van der Waals surface area contributed by atoms with E-state index in [1.54, 1.807) is 0 Å². The van der Waals surface area contributed by atoms with Crippen molar-refractivity contribution in [2.45, 2.75) is 39.2 Å². The number of nitrogens with one attached hydrogen (secondary N) is 1. The minimum absolute atomic E-state index is 0.00365. The molecule has 0 bridgehead atoms. The van der Waals surface area contributed by atoms with Crippen molar-refractivity contribution in [2.24, 2.45) is 13.0 Å². The van der Waals surface area contributed by atoms with E-state index in [4.69, 9.17) is 0 Å². The van der Waals surface area contributed by atoms with Crippen LogP contribution in [0.3, 0.4) is 0 Å². The molecule has 1 amide bonds. The number of nitrogens with zero attached hydrogens (tertiary/aromatic N) is 2. The SMILES string of the molecule is CC(C)C(=O)Nc1cccc(C2CCN(Cc3cc4ccccc4n3C)CC2)c1. The lowest BCUT2D eigenvalue weighted by Crippen LogP contribution is -2.33. The molecule has 2 aromatic carbocycles. The van der Waals surface area contributed by atoms with Gasteiger partial charge in [0.05, 0.1) is 0 Å². The highest BCUT2D eigenvalue weighted by Gasteiger charge is 2.22. The predicted octanol–water partition coefficient (Wildman–Crippen LogP) is 5.15. The monoisotopic (exact) mass is 389 g/mol. The van der Waals surface area contributed by atoms with Crippen molar-refractivity contribution in [1.82, 2.24) is 9.47 Å². The van der Waals surface area contributed by atoms with Crippen molar-refractivity contribution in [1.29, 1.82) is 0 Å². The van der Waals surface area contributed by atoms with Gasteiger partial charge in [0.15, 0.2) is 0 Å². The van der Waals surface area contributed by atoms with E-state index in [0.29, 0.717) is 5.92 Å². The van der Waals surface area contributed by atoms with Crippen molar-refractivity contribution in [3.63, 3.8) is 0 Å². The molecule has 0 radical (unpaired) electrons. The largest absolute Gasteiger partial charge is 0.346 e. The summed E-state index contributed by atoms with van der Waals surface area (Å²) in [5.41, 5.74) is 4.94. The number of amides is 1. The molecule has 2 heterocycles. The van der Waals surface area contributed by atoms with Gasteiger partial charge in [0.2, 0.25) is 5.91 Å². The summed E-state index contributed by atoms with van der Waals surface area (Å²) in [7, 11) is 2.17. The Kier molecular flexibility index (Phi) is 5.72. The average molecular weight is 390 g/mol. The number of likely N-dealkylation sites (tertiary alicyclic amines) is 1. The molecule has 4 heteroatoms. The Labute approximate surface area is 173 Å². The summed E-state index contributed by atoms with van der Waals surface area (Å²) < 4.78 is 2.32. The molecule has 1 N–H and O–H groups in total. The van der Waals surface area contributed by atoms with Crippen molar-refractivity contribution < 1.29 is 4.79 Å². The van der Waals surface area contributed by atoms with E-state index in [0.717, 1.165) is 38.2 Å². The van der Waals surface area contributed by atoms with Crippen LogP contribution in [-0.4, -0.2) is 28.5 Å². The maximum Gasteiger partial charge on any atom is 0.226 e. The van der Waals surface area contributed by atoms with Gasteiger partial charge in [-0.2, -0.15) is 0 Å². The van der Waals surface area contributed by atoms with Crippen LogP contribution in [0, 0.1) is 5.92 Å². The van der Waals surface area contributed by atoms with Crippen LogP contribution in [0.15, 0.2) is 54.6 Å². The third-order valence-electron chi connectivity index (χ3n) is 6.17. The second kappa shape index (κ2) is 8.42. The summed E-state index contributed by atoms with van der Waals surface area (Å²) in [5.74, 6) is 0.637. The molecule has 152 valence electrons. The minimum Gasteiger partial charge on any atom is -0.346 e. The van der Waals surface area contributed by atoms with E-state index in [2.05, 4.69) is 70.4 Å². The Morgan fingerprint density at radius 1 is 1.07 bits per heavy atom. The molecule has 4 rings (SSSR count). The Morgan fingerprint density at radius 2 is 1.83 bits per heavy atom. The topological polar surface area (TPSA) is 37.3 Å². The highest BCUT2D eigenvalue weighted by molar-refractivity contribution is 5.92. The predicted molar refractivity (Wildman–Crippen MR) is 120 cm³/mol. The second-order valence-electron chi connectivity index (χ2n) is 8.57. The third-order valence-corrected chi connectivity index (χ3v) is 6.17. The number of hydrogen-bond donors (Lipinski definition) is 1. The molecule has 3 aromatic rings. The van der Waals surface area contributed by atoms with Gasteiger partial charge < -0.3 is 9.88 Å². The quantitative estimate of drug-likeness (QED) is 0.655. The normalized spacial score (nSPS) is 15.9. The Hall–Kier alpha value is -2.59. The van der Waals surface area contributed by atoms with E-state index >= 15 is 0 Å². The number of fused-ring (bicyclic) bond motifs is 1. The molecule has 1 aromatic heterocycles. The standard InChI is InChI=1S/C25H31N3O/c1-18(2)25(29)26-22-9-6-8-20(15-22)19-11-13-28(14-12-19)17-23-16-21-7-4-5-10-24(21)27(23)3/h4-10,15-16,18-19H,11-14,17H2,1-3H3,(H,26,29). The van der Waals surface area contributed by atoms with E-state index in [-0.39, 0.29) is 11.8 Å². The molecule has 1 aliphatic heterocycles. The van der Waals surface area contributed by atoms with Crippen LogP contribution in [0.25, 0.3) is 10.9 Å². The van der Waals surface area contributed by atoms with Gasteiger partial charge in [0, 0.05) is 36.4 Å². The smallest absolute Gasteiger partial charge is 0.226 e. The number of hydrogen-bond acceptors (Lipinski definition) is 2. The van der Waals surface area contributed by atoms with Gasteiger partial charge in [-0.15, -0.1) is 0 Å². The van der Waals surface area contributed by atoms with E-state index in [1.807, 2.05) is 19.9 Å². The molecule has 0 saturated carbocycles. The minimum atomic E-state index is -0.00365. The van der Waals surface area contributed by atoms with Crippen molar-refractivity contribution >= 4 is 22.5 Å². The van der Waals surface area contributed by atoms with Crippen LogP contribution in [-0.2, 0) is 18.4 Å². The zero-order valence-corrected chi connectivity index (χ0v) is 17.7. The van der Waals surface area contributed by atoms with Crippen LogP contribution in [0.1, 0.15) is 43.9 Å². The summed E-state index contributed by atoms with van der Waals surface area (Å²) in [5, 5.41) is 4.35. The highest BCUT2D eigenvalue weighted by Crippen LogP contribution is 2.30. The number of para-hydroxylation sites is 1. The van der Waals surface area contributed by atoms with Gasteiger partial charge in [-0.25, -0.2) is 0 Å². The third kappa shape index (κ3) is 4.38. The molecule has 0 spiro atoms. The van der Waals surface area contributed by atoms with Gasteiger partial charge >= 0.3 is 0 Å². The van der Waals surface area contributed by atoms with E-state index < -0.39 is 0 Å². The fourth-order valence-corrected chi connectivity index (χ4v) is 4.31. The lowest BCUT2D eigenvalue weighted by molar-refractivity contribution is -0.118. The highest BCUT2D eigenvalue weighted by atomic mass is 16.1. The Balaban J connectivity index is 1.38. The molecule has 4 nitrogen and oxygen atoms in total. The number of piperidine rings is 1.